The molecule has 1 aliphatic carbocycles. The quantitative estimate of drug-likeness (QED) is 0.787. The summed E-state index contributed by atoms with van der Waals surface area (Å²) in [6.45, 7) is 7.76. The van der Waals surface area contributed by atoms with Crippen LogP contribution >= 0.6 is 0 Å². The summed E-state index contributed by atoms with van der Waals surface area (Å²) in [5, 5.41) is 8.34. The van der Waals surface area contributed by atoms with Crippen LogP contribution < -0.4 is 5.32 Å². The lowest BCUT2D eigenvalue weighted by atomic mass is 9.93. The second-order valence-electron chi connectivity index (χ2n) is 6.85. The Morgan fingerprint density at radius 2 is 2.00 bits per heavy atom. The van der Waals surface area contributed by atoms with E-state index in [1.54, 1.807) is 0 Å². The van der Waals surface area contributed by atoms with Gasteiger partial charge in [-0.3, -0.25) is 4.68 Å². The van der Waals surface area contributed by atoms with Crippen molar-refractivity contribution in [3.63, 3.8) is 0 Å². The smallest absolute Gasteiger partial charge is 0.0628 e. The van der Waals surface area contributed by atoms with Crippen molar-refractivity contribution in [2.24, 2.45) is 13.0 Å². The van der Waals surface area contributed by atoms with Crippen LogP contribution in [0.25, 0.3) is 0 Å². The molecule has 1 atom stereocenters. The number of aryl methyl sites for hydroxylation is 2. The van der Waals surface area contributed by atoms with Gasteiger partial charge in [0.2, 0.25) is 0 Å². The summed E-state index contributed by atoms with van der Waals surface area (Å²) in [4.78, 5) is 0. The summed E-state index contributed by atoms with van der Waals surface area (Å²) >= 11 is 0. The van der Waals surface area contributed by atoms with E-state index in [2.05, 4.69) is 38.2 Å². The second-order valence-corrected chi connectivity index (χ2v) is 6.85. The molecule has 0 spiro atoms. The van der Waals surface area contributed by atoms with E-state index >= 15 is 0 Å². The molecule has 0 radical (unpaired) electrons. The molecule has 1 aromatic rings. The van der Waals surface area contributed by atoms with Crippen LogP contribution in [0.5, 0.6) is 0 Å². The van der Waals surface area contributed by atoms with E-state index in [9.17, 15) is 0 Å². The lowest BCUT2D eigenvalue weighted by Crippen LogP contribution is -2.32. The molecule has 0 aliphatic heterocycles. The van der Waals surface area contributed by atoms with Gasteiger partial charge in [-0.15, -0.1) is 0 Å². The normalized spacial score (nSPS) is 17.5. The first kappa shape index (κ1) is 16.5. The maximum Gasteiger partial charge on any atom is 0.0628 e. The molecule has 1 fully saturated rings. The number of aromatic nitrogens is 2. The molecular formula is C18H33N3. The monoisotopic (exact) mass is 291 g/mol. The van der Waals surface area contributed by atoms with E-state index in [1.165, 1.54) is 68.3 Å². The van der Waals surface area contributed by atoms with Crippen LogP contribution in [0.1, 0.15) is 68.8 Å². The molecular weight excluding hydrogens is 258 g/mol. The molecule has 3 heteroatoms. The zero-order valence-electron chi connectivity index (χ0n) is 14.4. The molecule has 0 bridgehead atoms. The molecule has 1 N–H and O–H groups in total. The van der Waals surface area contributed by atoms with Gasteiger partial charge in [0.05, 0.1) is 5.69 Å². The largest absolute Gasteiger partial charge is 0.314 e. The summed E-state index contributed by atoms with van der Waals surface area (Å²) in [6, 6.07) is 0.687. The van der Waals surface area contributed by atoms with Gasteiger partial charge in [0.15, 0.2) is 0 Å². The summed E-state index contributed by atoms with van der Waals surface area (Å²) in [7, 11) is 2.05. The predicted molar refractivity (Wildman–Crippen MR) is 89.7 cm³/mol. The van der Waals surface area contributed by atoms with E-state index in [1.807, 2.05) is 4.68 Å². The Bertz CT molecular complexity index is 430. The van der Waals surface area contributed by atoms with Crippen molar-refractivity contribution >= 4 is 0 Å². The maximum absolute atomic E-state index is 4.55. The zero-order chi connectivity index (χ0) is 15.2. The Morgan fingerprint density at radius 1 is 1.29 bits per heavy atom. The van der Waals surface area contributed by atoms with Crippen molar-refractivity contribution < 1.29 is 0 Å². The number of hydrogen-bond acceptors (Lipinski definition) is 2. The number of nitrogens with one attached hydrogen (secondary N) is 1. The number of hydrogen-bond donors (Lipinski definition) is 1. The van der Waals surface area contributed by atoms with Crippen molar-refractivity contribution in [3.8, 4) is 0 Å². The van der Waals surface area contributed by atoms with Crippen molar-refractivity contribution in [1.29, 1.82) is 0 Å². The van der Waals surface area contributed by atoms with Gasteiger partial charge < -0.3 is 5.32 Å². The lowest BCUT2D eigenvalue weighted by molar-refractivity contribution is 0.371. The summed E-state index contributed by atoms with van der Waals surface area (Å²) in [5.74, 6) is 0.968. The van der Waals surface area contributed by atoms with Gasteiger partial charge >= 0.3 is 0 Å². The molecule has 1 aromatic heterocycles. The minimum atomic E-state index is 0.687. The van der Waals surface area contributed by atoms with Gasteiger partial charge in [-0.1, -0.05) is 32.6 Å². The van der Waals surface area contributed by atoms with Crippen molar-refractivity contribution in [1.82, 2.24) is 15.1 Å². The van der Waals surface area contributed by atoms with Gasteiger partial charge in [-0.05, 0) is 57.6 Å². The predicted octanol–water partition coefficient (Wildman–Crippen LogP) is 3.92. The molecule has 0 amide bonds. The summed E-state index contributed by atoms with van der Waals surface area (Å²) in [6.07, 6.45) is 10.8. The van der Waals surface area contributed by atoms with Crippen molar-refractivity contribution in [2.45, 2.75) is 78.2 Å². The molecule has 3 nitrogen and oxygen atoms in total. The molecule has 1 aliphatic rings. The maximum atomic E-state index is 4.55. The Hall–Kier alpha value is -0.830. The Kier molecular flexibility index (Phi) is 6.28. The van der Waals surface area contributed by atoms with Gasteiger partial charge in [-0.2, -0.15) is 5.10 Å². The fraction of sp³-hybridized carbons (Fsp3) is 0.833. The first-order chi connectivity index (χ1) is 10.1. The van der Waals surface area contributed by atoms with E-state index in [0.29, 0.717) is 6.04 Å². The van der Waals surface area contributed by atoms with Crippen LogP contribution in [0.4, 0.5) is 0 Å². The minimum absolute atomic E-state index is 0.687. The molecule has 0 saturated heterocycles. The SMILES string of the molecule is CCCNC(CCc1c(C)nn(C)c1C)CC1CCCC1. The first-order valence-electron chi connectivity index (χ1n) is 8.84. The van der Waals surface area contributed by atoms with Gasteiger partial charge in [-0.25, -0.2) is 0 Å². The minimum Gasteiger partial charge on any atom is -0.314 e. The second kappa shape index (κ2) is 7.98. The highest BCUT2D eigenvalue weighted by atomic mass is 15.3. The fourth-order valence-corrected chi connectivity index (χ4v) is 3.80. The molecule has 1 unspecified atom stereocenters. The summed E-state index contributed by atoms with van der Waals surface area (Å²) in [5.41, 5.74) is 4.01. The standard InChI is InChI=1S/C18H33N3/c1-5-12-19-17(13-16-8-6-7-9-16)10-11-18-14(2)20-21(4)15(18)3/h16-17,19H,5-13H2,1-4H3. The van der Waals surface area contributed by atoms with Crippen LogP contribution in [0.2, 0.25) is 0 Å². The zero-order valence-corrected chi connectivity index (χ0v) is 14.4. The van der Waals surface area contributed by atoms with Crippen LogP contribution in [-0.4, -0.2) is 22.4 Å². The van der Waals surface area contributed by atoms with E-state index < -0.39 is 0 Å². The highest BCUT2D eigenvalue weighted by Crippen LogP contribution is 2.29. The third-order valence-corrected chi connectivity index (χ3v) is 5.18. The molecule has 2 rings (SSSR count). The van der Waals surface area contributed by atoms with E-state index in [4.69, 9.17) is 0 Å². The van der Waals surface area contributed by atoms with Crippen LogP contribution in [0, 0.1) is 19.8 Å². The van der Waals surface area contributed by atoms with Crippen molar-refractivity contribution in [3.05, 3.63) is 17.0 Å². The Morgan fingerprint density at radius 3 is 2.57 bits per heavy atom. The third-order valence-electron chi connectivity index (χ3n) is 5.18. The van der Waals surface area contributed by atoms with Crippen molar-refractivity contribution in [2.75, 3.05) is 6.54 Å². The number of rotatable bonds is 8. The average Bonchev–Trinajstić information content (AvgIpc) is 3.04. The van der Waals surface area contributed by atoms with E-state index in [0.717, 1.165) is 12.5 Å². The van der Waals surface area contributed by atoms with Crippen LogP contribution in [0.15, 0.2) is 0 Å². The molecule has 1 heterocycles. The third kappa shape index (κ3) is 4.57. The fourth-order valence-electron chi connectivity index (χ4n) is 3.80. The Balaban J connectivity index is 1.90. The summed E-state index contributed by atoms with van der Waals surface area (Å²) < 4.78 is 2.02. The van der Waals surface area contributed by atoms with Gasteiger partial charge in [0.25, 0.3) is 0 Å². The highest BCUT2D eigenvalue weighted by molar-refractivity contribution is 5.24. The molecule has 120 valence electrons. The average molecular weight is 291 g/mol. The molecule has 21 heavy (non-hydrogen) atoms. The molecule has 0 aromatic carbocycles. The van der Waals surface area contributed by atoms with Gasteiger partial charge in [0, 0.05) is 18.8 Å². The molecule has 1 saturated carbocycles. The van der Waals surface area contributed by atoms with Crippen LogP contribution in [-0.2, 0) is 13.5 Å². The lowest BCUT2D eigenvalue weighted by Gasteiger charge is -2.22. The number of nitrogens with zero attached hydrogens (tertiary/aromatic N) is 2. The highest BCUT2D eigenvalue weighted by Gasteiger charge is 2.20. The van der Waals surface area contributed by atoms with Crippen LogP contribution in [0.3, 0.4) is 0 Å². The topological polar surface area (TPSA) is 29.9 Å². The van der Waals surface area contributed by atoms with E-state index in [-0.39, 0.29) is 0 Å². The first-order valence-corrected chi connectivity index (χ1v) is 8.84. The van der Waals surface area contributed by atoms with Gasteiger partial charge in [0.1, 0.15) is 0 Å². The Labute approximate surface area is 130 Å².